The topological polar surface area (TPSA) is 30.5 Å². The van der Waals surface area contributed by atoms with E-state index in [1.165, 1.54) is 25.7 Å². The van der Waals surface area contributed by atoms with Crippen LogP contribution in [0, 0.1) is 5.92 Å². The summed E-state index contributed by atoms with van der Waals surface area (Å²) in [5, 5.41) is 3.24. The van der Waals surface area contributed by atoms with E-state index in [2.05, 4.69) is 12.2 Å². The van der Waals surface area contributed by atoms with Gasteiger partial charge in [-0.1, -0.05) is 0 Å². The van der Waals surface area contributed by atoms with Gasteiger partial charge in [-0.15, -0.1) is 0 Å². The summed E-state index contributed by atoms with van der Waals surface area (Å²) in [5.41, 5.74) is 0. The fraction of sp³-hybridized carbons (Fsp3) is 1.00. The Hall–Kier alpha value is -0.120. The van der Waals surface area contributed by atoms with Crippen LogP contribution in [-0.4, -0.2) is 39.5 Å². The van der Waals surface area contributed by atoms with Crippen LogP contribution in [0.4, 0.5) is 0 Å². The predicted molar refractivity (Wildman–Crippen MR) is 62.1 cm³/mol. The Morgan fingerprint density at radius 2 is 2.33 bits per heavy atom. The predicted octanol–water partition coefficient (Wildman–Crippen LogP) is 1.82. The summed E-state index contributed by atoms with van der Waals surface area (Å²) in [6.45, 7) is 5.84. The van der Waals surface area contributed by atoms with Crippen molar-refractivity contribution >= 4 is 0 Å². The van der Waals surface area contributed by atoms with E-state index in [1.54, 1.807) is 0 Å². The van der Waals surface area contributed by atoms with E-state index in [1.807, 2.05) is 7.05 Å². The maximum Gasteiger partial charge on any atom is 0.0517 e. The molecule has 0 aromatic rings. The van der Waals surface area contributed by atoms with Crippen LogP contribution < -0.4 is 5.32 Å². The van der Waals surface area contributed by atoms with Gasteiger partial charge in [-0.25, -0.2) is 0 Å². The number of ether oxygens (including phenoxy) is 2. The Balaban J connectivity index is 1.80. The van der Waals surface area contributed by atoms with Crippen molar-refractivity contribution in [1.29, 1.82) is 0 Å². The van der Waals surface area contributed by atoms with Crippen LogP contribution in [0.3, 0.4) is 0 Å². The average Bonchev–Trinajstić information content (AvgIpc) is 2.75. The summed E-state index contributed by atoms with van der Waals surface area (Å²) in [5.74, 6) is 0.654. The molecular weight excluding hydrogens is 190 g/mol. The van der Waals surface area contributed by atoms with E-state index < -0.39 is 0 Å². The molecule has 1 rings (SSSR count). The Morgan fingerprint density at radius 1 is 1.47 bits per heavy atom. The first-order valence-corrected chi connectivity index (χ1v) is 6.15. The highest BCUT2D eigenvalue weighted by Gasteiger charge is 2.15. The first-order chi connectivity index (χ1) is 7.33. The summed E-state index contributed by atoms with van der Waals surface area (Å²) in [7, 11) is 2.02. The van der Waals surface area contributed by atoms with Crippen LogP contribution in [0.2, 0.25) is 0 Å². The zero-order valence-electron chi connectivity index (χ0n) is 10.1. The van der Waals surface area contributed by atoms with Gasteiger partial charge >= 0.3 is 0 Å². The Bertz CT molecular complexity index is 147. The van der Waals surface area contributed by atoms with E-state index in [0.29, 0.717) is 12.0 Å². The highest BCUT2D eigenvalue weighted by molar-refractivity contribution is 4.62. The molecule has 0 bridgehead atoms. The molecule has 3 nitrogen and oxygen atoms in total. The fourth-order valence-electron chi connectivity index (χ4n) is 1.76. The van der Waals surface area contributed by atoms with Gasteiger partial charge in [0.25, 0.3) is 0 Å². The molecule has 15 heavy (non-hydrogen) atoms. The lowest BCUT2D eigenvalue weighted by Crippen LogP contribution is -2.20. The zero-order chi connectivity index (χ0) is 10.9. The fourth-order valence-corrected chi connectivity index (χ4v) is 1.76. The molecule has 1 saturated heterocycles. The Kier molecular flexibility index (Phi) is 6.98. The molecule has 0 aromatic carbocycles. The van der Waals surface area contributed by atoms with Crippen LogP contribution in [0.5, 0.6) is 0 Å². The van der Waals surface area contributed by atoms with Crippen LogP contribution in [-0.2, 0) is 9.47 Å². The first kappa shape index (κ1) is 12.9. The van der Waals surface area contributed by atoms with Gasteiger partial charge in [0.1, 0.15) is 0 Å². The van der Waals surface area contributed by atoms with Gasteiger partial charge < -0.3 is 14.8 Å². The normalized spacial score (nSPS) is 23.2. The molecule has 0 amide bonds. The van der Waals surface area contributed by atoms with Gasteiger partial charge in [-0.3, -0.25) is 0 Å². The quantitative estimate of drug-likeness (QED) is 0.626. The monoisotopic (exact) mass is 215 g/mol. The lowest BCUT2D eigenvalue weighted by Gasteiger charge is -2.10. The molecule has 0 saturated carbocycles. The van der Waals surface area contributed by atoms with Crippen molar-refractivity contribution in [3.8, 4) is 0 Å². The van der Waals surface area contributed by atoms with Crippen LogP contribution >= 0.6 is 0 Å². The second-order valence-electron chi connectivity index (χ2n) is 4.49. The van der Waals surface area contributed by atoms with Crippen molar-refractivity contribution in [3.63, 3.8) is 0 Å². The lowest BCUT2D eigenvalue weighted by atomic mass is 10.1. The third kappa shape index (κ3) is 6.13. The van der Waals surface area contributed by atoms with Crippen LogP contribution in [0.1, 0.15) is 32.6 Å². The minimum atomic E-state index is 0.633. The smallest absolute Gasteiger partial charge is 0.0517 e. The average molecular weight is 215 g/mol. The SMILES string of the molecule is CNC(C)CCCCOCC1CCOC1. The molecule has 1 aliphatic rings. The molecule has 1 fully saturated rings. The minimum absolute atomic E-state index is 0.633. The standard InChI is InChI=1S/C12H25NO2/c1-11(13-2)5-3-4-7-14-9-12-6-8-15-10-12/h11-13H,3-10H2,1-2H3. The highest BCUT2D eigenvalue weighted by atomic mass is 16.5. The molecule has 0 spiro atoms. The maximum atomic E-state index is 5.63. The second kappa shape index (κ2) is 8.08. The number of hydrogen-bond acceptors (Lipinski definition) is 3. The van der Waals surface area contributed by atoms with Crippen LogP contribution in [0.25, 0.3) is 0 Å². The molecule has 1 N–H and O–H groups in total. The van der Waals surface area contributed by atoms with Gasteiger partial charge in [0.2, 0.25) is 0 Å². The summed E-state index contributed by atoms with van der Waals surface area (Å²) in [6.07, 6.45) is 4.85. The Labute approximate surface area is 93.5 Å². The lowest BCUT2D eigenvalue weighted by molar-refractivity contribution is 0.0869. The number of unbranched alkanes of at least 4 members (excludes halogenated alkanes) is 1. The molecular formula is C12H25NO2. The summed E-state index contributed by atoms with van der Waals surface area (Å²) < 4.78 is 10.9. The number of rotatable bonds is 8. The summed E-state index contributed by atoms with van der Waals surface area (Å²) in [4.78, 5) is 0. The van der Waals surface area contributed by atoms with E-state index in [9.17, 15) is 0 Å². The zero-order valence-corrected chi connectivity index (χ0v) is 10.1. The van der Waals surface area contributed by atoms with E-state index in [4.69, 9.17) is 9.47 Å². The van der Waals surface area contributed by atoms with Gasteiger partial charge in [0.15, 0.2) is 0 Å². The van der Waals surface area contributed by atoms with Gasteiger partial charge in [0.05, 0.1) is 13.2 Å². The highest BCUT2D eigenvalue weighted by Crippen LogP contribution is 2.12. The summed E-state index contributed by atoms with van der Waals surface area (Å²) in [6, 6.07) is 0.633. The third-order valence-corrected chi connectivity index (χ3v) is 3.05. The van der Waals surface area contributed by atoms with Crippen molar-refractivity contribution in [2.24, 2.45) is 5.92 Å². The largest absolute Gasteiger partial charge is 0.381 e. The van der Waals surface area contributed by atoms with Gasteiger partial charge in [0, 0.05) is 25.2 Å². The molecule has 1 aliphatic heterocycles. The maximum absolute atomic E-state index is 5.63. The molecule has 1 heterocycles. The van der Waals surface area contributed by atoms with Gasteiger partial charge in [-0.05, 0) is 39.7 Å². The summed E-state index contributed by atoms with van der Waals surface area (Å²) >= 11 is 0. The molecule has 90 valence electrons. The van der Waals surface area contributed by atoms with Crippen molar-refractivity contribution < 1.29 is 9.47 Å². The number of hydrogen-bond donors (Lipinski definition) is 1. The molecule has 0 aliphatic carbocycles. The van der Waals surface area contributed by atoms with E-state index >= 15 is 0 Å². The van der Waals surface area contributed by atoms with Crippen molar-refractivity contribution in [2.45, 2.75) is 38.6 Å². The molecule has 3 heteroatoms. The van der Waals surface area contributed by atoms with Crippen molar-refractivity contribution in [3.05, 3.63) is 0 Å². The van der Waals surface area contributed by atoms with Crippen molar-refractivity contribution in [2.75, 3.05) is 33.5 Å². The minimum Gasteiger partial charge on any atom is -0.381 e. The number of nitrogens with one attached hydrogen (secondary N) is 1. The van der Waals surface area contributed by atoms with E-state index in [0.717, 1.165) is 26.4 Å². The van der Waals surface area contributed by atoms with Crippen molar-refractivity contribution in [1.82, 2.24) is 5.32 Å². The molecule has 0 radical (unpaired) electrons. The first-order valence-electron chi connectivity index (χ1n) is 6.15. The van der Waals surface area contributed by atoms with E-state index in [-0.39, 0.29) is 0 Å². The molecule has 2 atom stereocenters. The van der Waals surface area contributed by atoms with Crippen LogP contribution in [0.15, 0.2) is 0 Å². The second-order valence-corrected chi connectivity index (χ2v) is 4.49. The third-order valence-electron chi connectivity index (χ3n) is 3.05. The molecule has 0 aromatic heterocycles. The molecule has 2 unspecified atom stereocenters. The van der Waals surface area contributed by atoms with Gasteiger partial charge in [-0.2, -0.15) is 0 Å². The Morgan fingerprint density at radius 3 is 3.00 bits per heavy atom.